The summed E-state index contributed by atoms with van der Waals surface area (Å²) in [7, 11) is 0. The van der Waals surface area contributed by atoms with Gasteiger partial charge in [-0.15, -0.1) is 23.2 Å². The van der Waals surface area contributed by atoms with Crippen molar-refractivity contribution in [1.29, 1.82) is 0 Å². The van der Waals surface area contributed by atoms with E-state index >= 15 is 0 Å². The highest BCUT2D eigenvalue weighted by Crippen LogP contribution is 2.65. The van der Waals surface area contributed by atoms with E-state index in [2.05, 4.69) is 10.6 Å². The molecule has 2 amide bonds. The number of alkyl halides is 4. The van der Waals surface area contributed by atoms with Crippen molar-refractivity contribution in [2.75, 3.05) is 10.6 Å². The Balaban J connectivity index is 1.49. The summed E-state index contributed by atoms with van der Waals surface area (Å²) in [6.07, 6.45) is -2.63. The fraction of sp³-hybridized carbons (Fsp3) is 0.167. The fourth-order valence-corrected chi connectivity index (χ4v) is 4.73. The second-order valence-corrected chi connectivity index (χ2v) is 9.71. The van der Waals surface area contributed by atoms with Crippen LogP contribution in [-0.2, 0) is 4.79 Å². The molecule has 1 saturated carbocycles. The molecule has 1 fully saturated rings. The SMILES string of the molecule is O=C(Nc1ccc(F)cc1F)c1cc(NC(=O)[C@H]2[C@H](c3ccc(C(F)F)cc3)C2(Cl)Cl)ccc1Cl. The molecule has 4 nitrogen and oxygen atoms in total. The van der Waals surface area contributed by atoms with Gasteiger partial charge < -0.3 is 10.6 Å². The lowest BCUT2D eigenvalue weighted by molar-refractivity contribution is -0.117. The molecule has 4 rings (SSSR count). The summed E-state index contributed by atoms with van der Waals surface area (Å²) in [6.45, 7) is 0. The zero-order chi connectivity index (χ0) is 25.5. The van der Waals surface area contributed by atoms with Crippen LogP contribution in [0.3, 0.4) is 0 Å². The Hall–Kier alpha value is -2.81. The minimum atomic E-state index is -2.63. The van der Waals surface area contributed by atoms with E-state index in [0.717, 1.165) is 12.1 Å². The largest absolute Gasteiger partial charge is 0.326 e. The van der Waals surface area contributed by atoms with Crippen LogP contribution >= 0.6 is 34.8 Å². The Bertz CT molecular complexity index is 1300. The topological polar surface area (TPSA) is 58.2 Å². The summed E-state index contributed by atoms with van der Waals surface area (Å²) in [5.74, 6) is -4.64. The first-order chi connectivity index (χ1) is 16.5. The summed E-state index contributed by atoms with van der Waals surface area (Å²) < 4.78 is 51.1. The summed E-state index contributed by atoms with van der Waals surface area (Å²) in [6, 6.07) is 12.1. The van der Waals surface area contributed by atoms with Gasteiger partial charge in [0.15, 0.2) is 0 Å². The van der Waals surface area contributed by atoms with Crippen molar-refractivity contribution in [3.8, 4) is 0 Å². The number of amides is 2. The van der Waals surface area contributed by atoms with E-state index in [0.29, 0.717) is 11.6 Å². The van der Waals surface area contributed by atoms with Crippen LogP contribution in [-0.4, -0.2) is 16.1 Å². The summed E-state index contributed by atoms with van der Waals surface area (Å²) in [5, 5.41) is 4.92. The van der Waals surface area contributed by atoms with Gasteiger partial charge in [-0.25, -0.2) is 17.6 Å². The average molecular weight is 546 g/mol. The number of anilines is 2. The van der Waals surface area contributed by atoms with Gasteiger partial charge in [-0.1, -0.05) is 35.9 Å². The summed E-state index contributed by atoms with van der Waals surface area (Å²) in [4.78, 5) is 25.5. The van der Waals surface area contributed by atoms with Crippen molar-refractivity contribution in [3.05, 3.63) is 94.0 Å². The van der Waals surface area contributed by atoms with Gasteiger partial charge >= 0.3 is 0 Å². The van der Waals surface area contributed by atoms with Gasteiger partial charge in [-0.3, -0.25) is 9.59 Å². The number of rotatable bonds is 6. The van der Waals surface area contributed by atoms with Gasteiger partial charge in [0.1, 0.15) is 16.0 Å². The van der Waals surface area contributed by atoms with Crippen LogP contribution in [0.4, 0.5) is 28.9 Å². The van der Waals surface area contributed by atoms with E-state index in [1.54, 1.807) is 0 Å². The molecule has 3 aromatic rings. The highest BCUT2D eigenvalue weighted by atomic mass is 35.5. The molecule has 0 spiro atoms. The first kappa shape index (κ1) is 25.3. The predicted octanol–water partition coefficient (Wildman–Crippen LogP) is 7.33. The van der Waals surface area contributed by atoms with Crippen LogP contribution in [0, 0.1) is 17.6 Å². The number of hydrogen-bond donors (Lipinski definition) is 2. The molecule has 11 heteroatoms. The molecular formula is C24H15Cl3F4N2O2. The lowest BCUT2D eigenvalue weighted by Crippen LogP contribution is -2.18. The molecule has 0 aliphatic heterocycles. The van der Waals surface area contributed by atoms with Gasteiger partial charge in [-0.2, -0.15) is 0 Å². The van der Waals surface area contributed by atoms with Crippen LogP contribution in [0.25, 0.3) is 0 Å². The molecule has 2 N–H and O–H groups in total. The molecule has 35 heavy (non-hydrogen) atoms. The second kappa shape index (κ2) is 9.68. The van der Waals surface area contributed by atoms with E-state index in [9.17, 15) is 27.2 Å². The van der Waals surface area contributed by atoms with Crippen molar-refractivity contribution >= 4 is 58.0 Å². The third kappa shape index (κ3) is 5.24. The minimum absolute atomic E-state index is 0.0236. The van der Waals surface area contributed by atoms with Gasteiger partial charge in [0.05, 0.1) is 22.2 Å². The zero-order valence-electron chi connectivity index (χ0n) is 17.5. The Morgan fingerprint density at radius 1 is 0.914 bits per heavy atom. The van der Waals surface area contributed by atoms with Crippen LogP contribution in [0.2, 0.25) is 5.02 Å². The minimum Gasteiger partial charge on any atom is -0.326 e. The highest BCUT2D eigenvalue weighted by molar-refractivity contribution is 6.53. The van der Waals surface area contributed by atoms with Crippen LogP contribution in [0.5, 0.6) is 0 Å². The van der Waals surface area contributed by atoms with Crippen molar-refractivity contribution in [3.63, 3.8) is 0 Å². The summed E-state index contributed by atoms with van der Waals surface area (Å²) in [5.41, 5.74) is 0.211. The smallest absolute Gasteiger partial charge is 0.263 e. The molecule has 2 atom stereocenters. The quantitative estimate of drug-likeness (QED) is 0.252. The van der Waals surface area contributed by atoms with E-state index in [1.165, 1.54) is 42.5 Å². The third-order valence-corrected chi connectivity index (χ3v) is 6.81. The predicted molar refractivity (Wildman–Crippen MR) is 126 cm³/mol. The fourth-order valence-electron chi connectivity index (χ4n) is 3.69. The van der Waals surface area contributed by atoms with Crippen molar-refractivity contribution in [2.24, 2.45) is 5.92 Å². The first-order valence-corrected chi connectivity index (χ1v) is 11.2. The standard InChI is InChI=1S/C24H15Cl3F4N2O2/c25-16-7-6-14(10-15(16)22(34)33-18-8-5-13(28)9-17(18)29)32-23(35)20-19(24(20,26)27)11-1-3-12(4-2-11)21(30)31/h1-10,19-21H,(H,32,35)(H,33,34)/t19-,20+/m0/s1. The number of benzene rings is 3. The van der Waals surface area contributed by atoms with E-state index in [-0.39, 0.29) is 27.5 Å². The number of carbonyl (C=O) groups excluding carboxylic acids is 2. The Kier molecular flexibility index (Phi) is 6.99. The van der Waals surface area contributed by atoms with Crippen LogP contribution in [0.15, 0.2) is 60.7 Å². The molecule has 0 bridgehead atoms. The average Bonchev–Trinajstić information content (AvgIpc) is 3.38. The molecule has 0 saturated heterocycles. The Morgan fingerprint density at radius 3 is 2.23 bits per heavy atom. The molecule has 0 heterocycles. The van der Waals surface area contributed by atoms with Crippen molar-refractivity contribution in [1.82, 2.24) is 0 Å². The Morgan fingerprint density at radius 2 is 1.60 bits per heavy atom. The normalized spacial score (nSPS) is 18.3. The maximum absolute atomic E-state index is 13.9. The lowest BCUT2D eigenvalue weighted by atomic mass is 10.1. The van der Waals surface area contributed by atoms with Crippen LogP contribution in [0.1, 0.15) is 33.8 Å². The molecule has 0 unspecified atom stereocenters. The lowest BCUT2D eigenvalue weighted by Gasteiger charge is -2.11. The van der Waals surface area contributed by atoms with E-state index in [1.807, 2.05) is 0 Å². The van der Waals surface area contributed by atoms with E-state index in [4.69, 9.17) is 34.8 Å². The zero-order valence-corrected chi connectivity index (χ0v) is 19.7. The molecule has 0 radical (unpaired) electrons. The molecule has 0 aromatic heterocycles. The van der Waals surface area contributed by atoms with Crippen molar-refractivity contribution < 1.29 is 27.2 Å². The molecular weight excluding hydrogens is 531 g/mol. The van der Waals surface area contributed by atoms with Gasteiger partial charge in [0, 0.05) is 23.2 Å². The van der Waals surface area contributed by atoms with Gasteiger partial charge in [0.2, 0.25) is 5.91 Å². The monoisotopic (exact) mass is 544 g/mol. The van der Waals surface area contributed by atoms with E-state index < -0.39 is 46.0 Å². The number of nitrogens with one attached hydrogen (secondary N) is 2. The third-order valence-electron chi connectivity index (χ3n) is 5.54. The number of hydrogen-bond acceptors (Lipinski definition) is 2. The molecule has 3 aromatic carbocycles. The highest BCUT2D eigenvalue weighted by Gasteiger charge is 2.67. The first-order valence-electron chi connectivity index (χ1n) is 10.1. The van der Waals surface area contributed by atoms with Gasteiger partial charge in [0.25, 0.3) is 12.3 Å². The molecule has 1 aliphatic carbocycles. The maximum atomic E-state index is 13.9. The van der Waals surface area contributed by atoms with Crippen molar-refractivity contribution in [2.45, 2.75) is 16.7 Å². The maximum Gasteiger partial charge on any atom is 0.263 e. The number of carbonyl (C=O) groups is 2. The number of halogens is 7. The summed E-state index contributed by atoms with van der Waals surface area (Å²) >= 11 is 18.7. The van der Waals surface area contributed by atoms with Gasteiger partial charge in [-0.05, 0) is 35.9 Å². The second-order valence-electron chi connectivity index (χ2n) is 7.86. The molecule has 182 valence electrons. The Labute approximate surface area is 212 Å². The van der Waals surface area contributed by atoms with Crippen LogP contribution < -0.4 is 10.6 Å². The molecule has 1 aliphatic rings.